The van der Waals surface area contributed by atoms with Crippen molar-refractivity contribution in [1.29, 1.82) is 0 Å². The third-order valence-electron chi connectivity index (χ3n) is 5.55. The summed E-state index contributed by atoms with van der Waals surface area (Å²) in [6, 6.07) is 16.9. The molecule has 3 aromatic rings. The Kier molecular flexibility index (Phi) is 7.33. The molecule has 33 heavy (non-hydrogen) atoms. The minimum atomic E-state index is -0.494. The SMILES string of the molecule is Cc1cc(C(=O)Nc2ccccc2C(=O)NCCC(N)=O)c(C)n1-c1cccc(C(C)C)c1. The van der Waals surface area contributed by atoms with E-state index < -0.39 is 5.91 Å². The highest BCUT2D eigenvalue weighted by molar-refractivity contribution is 6.09. The first-order valence-electron chi connectivity index (χ1n) is 10.9. The van der Waals surface area contributed by atoms with Gasteiger partial charge in [-0.25, -0.2) is 0 Å². The number of nitrogens with one attached hydrogen (secondary N) is 2. The molecule has 0 fully saturated rings. The molecule has 0 aliphatic rings. The van der Waals surface area contributed by atoms with Gasteiger partial charge in [0, 0.05) is 30.0 Å². The highest BCUT2D eigenvalue weighted by atomic mass is 16.2. The smallest absolute Gasteiger partial charge is 0.257 e. The van der Waals surface area contributed by atoms with E-state index in [1.165, 1.54) is 5.56 Å². The van der Waals surface area contributed by atoms with E-state index >= 15 is 0 Å². The summed E-state index contributed by atoms with van der Waals surface area (Å²) in [6.45, 7) is 8.30. The van der Waals surface area contributed by atoms with Gasteiger partial charge in [-0.3, -0.25) is 14.4 Å². The first kappa shape index (κ1) is 23.8. The van der Waals surface area contributed by atoms with Gasteiger partial charge in [0.25, 0.3) is 11.8 Å². The van der Waals surface area contributed by atoms with Gasteiger partial charge in [0.2, 0.25) is 5.91 Å². The van der Waals surface area contributed by atoms with Crippen LogP contribution in [0.25, 0.3) is 5.69 Å². The van der Waals surface area contributed by atoms with Gasteiger partial charge < -0.3 is 20.9 Å². The van der Waals surface area contributed by atoms with Gasteiger partial charge in [0.1, 0.15) is 0 Å². The maximum atomic E-state index is 13.2. The largest absolute Gasteiger partial charge is 0.370 e. The Morgan fingerprint density at radius 1 is 0.939 bits per heavy atom. The van der Waals surface area contributed by atoms with Crippen molar-refractivity contribution >= 4 is 23.4 Å². The Morgan fingerprint density at radius 3 is 2.36 bits per heavy atom. The van der Waals surface area contributed by atoms with Crippen LogP contribution in [0, 0.1) is 13.8 Å². The summed E-state index contributed by atoms with van der Waals surface area (Å²) in [6.07, 6.45) is 0.0459. The number of nitrogens with two attached hydrogens (primary N) is 1. The lowest BCUT2D eigenvalue weighted by Crippen LogP contribution is -2.28. The minimum Gasteiger partial charge on any atom is -0.370 e. The fourth-order valence-electron chi connectivity index (χ4n) is 3.79. The Labute approximate surface area is 194 Å². The van der Waals surface area contributed by atoms with Crippen molar-refractivity contribution in [3.8, 4) is 5.69 Å². The van der Waals surface area contributed by atoms with Crippen LogP contribution in [0.3, 0.4) is 0 Å². The quantitative estimate of drug-likeness (QED) is 0.485. The van der Waals surface area contributed by atoms with Crippen molar-refractivity contribution in [2.45, 2.75) is 40.0 Å². The number of aryl methyl sites for hydroxylation is 1. The summed E-state index contributed by atoms with van der Waals surface area (Å²) >= 11 is 0. The van der Waals surface area contributed by atoms with Crippen LogP contribution in [-0.2, 0) is 4.79 Å². The van der Waals surface area contributed by atoms with E-state index in [0.717, 1.165) is 17.1 Å². The monoisotopic (exact) mass is 446 g/mol. The normalized spacial score (nSPS) is 10.8. The van der Waals surface area contributed by atoms with Crippen LogP contribution >= 0.6 is 0 Å². The van der Waals surface area contributed by atoms with Gasteiger partial charge in [-0.2, -0.15) is 0 Å². The summed E-state index contributed by atoms with van der Waals surface area (Å²) < 4.78 is 2.06. The van der Waals surface area contributed by atoms with Gasteiger partial charge in [-0.05, 0) is 55.7 Å². The molecule has 0 aliphatic heterocycles. The summed E-state index contributed by atoms with van der Waals surface area (Å²) in [5, 5.41) is 5.51. The highest BCUT2D eigenvalue weighted by Gasteiger charge is 2.19. The lowest BCUT2D eigenvalue weighted by atomic mass is 10.0. The maximum absolute atomic E-state index is 13.2. The molecular weight excluding hydrogens is 416 g/mol. The molecule has 1 aromatic heterocycles. The number of nitrogens with zero attached hydrogens (tertiary/aromatic N) is 1. The molecule has 4 N–H and O–H groups in total. The van der Waals surface area contributed by atoms with Crippen LogP contribution in [0.1, 0.15) is 63.9 Å². The van der Waals surface area contributed by atoms with Crippen molar-refractivity contribution < 1.29 is 14.4 Å². The van der Waals surface area contributed by atoms with Gasteiger partial charge in [-0.15, -0.1) is 0 Å². The Hall–Kier alpha value is -3.87. The molecule has 0 saturated carbocycles. The number of aromatic nitrogens is 1. The topological polar surface area (TPSA) is 106 Å². The third-order valence-corrected chi connectivity index (χ3v) is 5.55. The number of rotatable bonds is 8. The van der Waals surface area contributed by atoms with Crippen LogP contribution in [0.4, 0.5) is 5.69 Å². The Morgan fingerprint density at radius 2 is 1.67 bits per heavy atom. The number of hydrogen-bond donors (Lipinski definition) is 3. The fraction of sp³-hybridized carbons (Fsp3) is 0.269. The van der Waals surface area contributed by atoms with E-state index in [-0.39, 0.29) is 24.8 Å². The van der Waals surface area contributed by atoms with Crippen LogP contribution in [0.2, 0.25) is 0 Å². The second-order valence-electron chi connectivity index (χ2n) is 8.34. The average molecular weight is 447 g/mol. The Bertz CT molecular complexity index is 1190. The summed E-state index contributed by atoms with van der Waals surface area (Å²) in [7, 11) is 0. The zero-order chi connectivity index (χ0) is 24.1. The van der Waals surface area contributed by atoms with Gasteiger partial charge in [0.05, 0.1) is 16.8 Å². The van der Waals surface area contributed by atoms with E-state index in [1.807, 2.05) is 32.0 Å². The summed E-state index contributed by atoms with van der Waals surface area (Å²) in [5.41, 5.74) is 10.3. The number of para-hydroxylation sites is 1. The molecule has 0 radical (unpaired) electrons. The van der Waals surface area contributed by atoms with Crippen LogP contribution in [-0.4, -0.2) is 28.8 Å². The Balaban J connectivity index is 1.85. The van der Waals surface area contributed by atoms with Crippen LogP contribution < -0.4 is 16.4 Å². The molecule has 0 atom stereocenters. The molecule has 3 rings (SSSR count). The lowest BCUT2D eigenvalue weighted by Gasteiger charge is -2.14. The first-order chi connectivity index (χ1) is 15.7. The molecule has 1 heterocycles. The van der Waals surface area contributed by atoms with Gasteiger partial charge in [-0.1, -0.05) is 38.1 Å². The van der Waals surface area contributed by atoms with Crippen molar-refractivity contribution in [1.82, 2.24) is 9.88 Å². The number of carbonyl (C=O) groups is 3. The molecule has 0 saturated heterocycles. The second-order valence-corrected chi connectivity index (χ2v) is 8.34. The summed E-state index contributed by atoms with van der Waals surface area (Å²) in [4.78, 5) is 36.6. The number of benzene rings is 2. The van der Waals surface area contributed by atoms with Crippen molar-refractivity contribution in [3.05, 3.63) is 82.7 Å². The molecule has 0 unspecified atom stereocenters. The number of anilines is 1. The molecule has 0 aliphatic carbocycles. The fourth-order valence-corrected chi connectivity index (χ4v) is 3.79. The number of primary amides is 1. The minimum absolute atomic E-state index is 0.0459. The van der Waals surface area contributed by atoms with Crippen molar-refractivity contribution in [3.63, 3.8) is 0 Å². The zero-order valence-electron chi connectivity index (χ0n) is 19.4. The molecule has 2 aromatic carbocycles. The highest BCUT2D eigenvalue weighted by Crippen LogP contribution is 2.25. The van der Waals surface area contributed by atoms with Crippen LogP contribution in [0.15, 0.2) is 54.6 Å². The maximum Gasteiger partial charge on any atom is 0.257 e. The third kappa shape index (κ3) is 5.49. The molecule has 7 heteroatoms. The number of amides is 3. The number of hydrogen-bond acceptors (Lipinski definition) is 3. The molecule has 7 nitrogen and oxygen atoms in total. The molecule has 0 bridgehead atoms. The van der Waals surface area contributed by atoms with E-state index in [9.17, 15) is 14.4 Å². The van der Waals surface area contributed by atoms with Gasteiger partial charge in [0.15, 0.2) is 0 Å². The molecule has 0 spiro atoms. The lowest BCUT2D eigenvalue weighted by molar-refractivity contribution is -0.117. The second kappa shape index (κ2) is 10.2. The van der Waals surface area contributed by atoms with E-state index in [0.29, 0.717) is 22.7 Å². The zero-order valence-corrected chi connectivity index (χ0v) is 19.4. The van der Waals surface area contributed by atoms with Crippen molar-refractivity contribution in [2.24, 2.45) is 5.73 Å². The first-order valence-corrected chi connectivity index (χ1v) is 10.9. The van der Waals surface area contributed by atoms with E-state index in [2.05, 4.69) is 41.2 Å². The number of carbonyl (C=O) groups excluding carboxylic acids is 3. The standard InChI is InChI=1S/C26H30N4O3/c1-16(2)19-8-7-9-20(15-19)30-17(3)14-22(18(30)4)26(33)29-23-11-6-5-10-21(23)25(32)28-13-12-24(27)31/h5-11,14-16H,12-13H2,1-4H3,(H2,27,31)(H,28,32)(H,29,33). The van der Waals surface area contributed by atoms with Crippen molar-refractivity contribution in [2.75, 3.05) is 11.9 Å². The molecule has 172 valence electrons. The van der Waals surface area contributed by atoms with E-state index in [4.69, 9.17) is 5.73 Å². The van der Waals surface area contributed by atoms with E-state index in [1.54, 1.807) is 24.3 Å². The average Bonchev–Trinajstić information content (AvgIpc) is 3.07. The predicted octanol–water partition coefficient (Wildman–Crippen LogP) is 4.08. The predicted molar refractivity (Wildman–Crippen MR) is 130 cm³/mol. The van der Waals surface area contributed by atoms with Crippen LogP contribution in [0.5, 0.6) is 0 Å². The summed E-state index contributed by atoms with van der Waals surface area (Å²) in [5.74, 6) is -0.782. The van der Waals surface area contributed by atoms with Gasteiger partial charge >= 0.3 is 0 Å². The molecular formula is C26H30N4O3. The molecule has 3 amide bonds.